The summed E-state index contributed by atoms with van der Waals surface area (Å²) in [5.41, 5.74) is 0.520. The van der Waals surface area contributed by atoms with Crippen LogP contribution in [0.3, 0.4) is 0 Å². The van der Waals surface area contributed by atoms with Crippen molar-refractivity contribution in [3.63, 3.8) is 0 Å². The third-order valence-corrected chi connectivity index (χ3v) is 5.63. The van der Waals surface area contributed by atoms with E-state index in [1.807, 2.05) is 23.9 Å². The normalized spacial score (nSPS) is 18.5. The van der Waals surface area contributed by atoms with Crippen LogP contribution in [0.4, 0.5) is 0 Å². The van der Waals surface area contributed by atoms with Gasteiger partial charge < -0.3 is 0 Å². The first-order valence-corrected chi connectivity index (χ1v) is 7.53. The van der Waals surface area contributed by atoms with Gasteiger partial charge in [-0.15, -0.1) is 11.8 Å². The Balaban J connectivity index is 1.90. The summed E-state index contributed by atoms with van der Waals surface area (Å²) in [4.78, 5) is 4.29. The number of hydrogen-bond acceptors (Lipinski definition) is 2. The predicted molar refractivity (Wildman–Crippen MR) is 70.0 cm³/mol. The van der Waals surface area contributed by atoms with Crippen LogP contribution < -0.4 is 0 Å². The largest absolute Gasteiger partial charge is 0.248 e. The van der Waals surface area contributed by atoms with E-state index in [4.69, 9.17) is 11.6 Å². The van der Waals surface area contributed by atoms with Crippen molar-refractivity contribution in [3.05, 3.63) is 23.4 Å². The van der Waals surface area contributed by atoms with Crippen LogP contribution in [0.2, 0.25) is 5.02 Å². The molecule has 1 aromatic heterocycles. The van der Waals surface area contributed by atoms with Crippen LogP contribution in [0.1, 0.15) is 19.3 Å². The molecule has 0 spiro atoms. The summed E-state index contributed by atoms with van der Waals surface area (Å²) in [7, 11) is 0. The number of aromatic nitrogens is 1. The van der Waals surface area contributed by atoms with Gasteiger partial charge >= 0.3 is 0 Å². The second-order valence-corrected chi connectivity index (χ2v) is 6.08. The van der Waals surface area contributed by atoms with Gasteiger partial charge in [0.25, 0.3) is 0 Å². The molecule has 0 bridgehead atoms. The van der Waals surface area contributed by atoms with Gasteiger partial charge in [0.05, 0.1) is 10.0 Å². The second kappa shape index (κ2) is 5.07. The minimum Gasteiger partial charge on any atom is -0.248 e. The summed E-state index contributed by atoms with van der Waals surface area (Å²) < 4.78 is 0. The second-order valence-electron chi connectivity index (χ2n) is 4.09. The lowest BCUT2D eigenvalue weighted by Gasteiger charge is -2.40. The van der Waals surface area contributed by atoms with Crippen molar-refractivity contribution in [1.82, 2.24) is 4.98 Å². The van der Waals surface area contributed by atoms with Gasteiger partial charge in [0.1, 0.15) is 0 Å². The number of alkyl halides is 1. The average molecular weight is 307 g/mol. The zero-order valence-electron chi connectivity index (χ0n) is 8.38. The smallest absolute Gasteiger partial charge is 0.0961 e. The summed E-state index contributed by atoms with van der Waals surface area (Å²) in [5, 5.41) is 2.89. The van der Waals surface area contributed by atoms with Crippen LogP contribution in [0.5, 0.6) is 0 Å². The number of nitrogens with zero attached hydrogens (tertiary/aromatic N) is 1. The number of hydrogen-bond donors (Lipinski definition) is 0. The predicted octanol–water partition coefficient (Wildman–Crippen LogP) is 4.39. The van der Waals surface area contributed by atoms with E-state index in [2.05, 4.69) is 20.9 Å². The number of rotatable bonds is 4. The third kappa shape index (κ3) is 2.89. The first-order valence-electron chi connectivity index (χ1n) is 5.04. The van der Waals surface area contributed by atoms with Crippen molar-refractivity contribution in [2.45, 2.75) is 24.3 Å². The van der Waals surface area contributed by atoms with E-state index in [1.165, 1.54) is 19.3 Å². The highest BCUT2D eigenvalue weighted by atomic mass is 79.9. The Morgan fingerprint density at radius 1 is 1.47 bits per heavy atom. The Morgan fingerprint density at radius 2 is 2.27 bits per heavy atom. The maximum atomic E-state index is 5.79. The molecule has 0 aliphatic heterocycles. The van der Waals surface area contributed by atoms with Crippen LogP contribution >= 0.6 is 39.3 Å². The highest BCUT2D eigenvalue weighted by molar-refractivity contribution is 9.09. The van der Waals surface area contributed by atoms with Crippen LogP contribution in [0.15, 0.2) is 23.4 Å². The molecule has 0 aromatic carbocycles. The molecule has 0 unspecified atom stereocenters. The fourth-order valence-electron chi connectivity index (χ4n) is 1.67. The minimum absolute atomic E-state index is 0.520. The van der Waals surface area contributed by atoms with E-state index in [1.54, 1.807) is 6.20 Å². The highest BCUT2D eigenvalue weighted by Crippen LogP contribution is 2.45. The van der Waals surface area contributed by atoms with Gasteiger partial charge in [0.2, 0.25) is 0 Å². The summed E-state index contributed by atoms with van der Waals surface area (Å²) in [6, 6.07) is 3.89. The summed E-state index contributed by atoms with van der Waals surface area (Å²) in [5.74, 6) is 1.16. The lowest BCUT2D eigenvalue weighted by molar-refractivity contribution is 0.206. The van der Waals surface area contributed by atoms with Crippen molar-refractivity contribution < 1.29 is 0 Å². The molecule has 1 heterocycles. The zero-order valence-corrected chi connectivity index (χ0v) is 11.5. The van der Waals surface area contributed by atoms with Gasteiger partial charge in [-0.2, -0.15) is 0 Å². The van der Waals surface area contributed by atoms with E-state index >= 15 is 0 Å². The molecule has 1 fully saturated rings. The Bertz CT molecular complexity index is 318. The van der Waals surface area contributed by atoms with Gasteiger partial charge in [-0.25, -0.2) is 4.98 Å². The van der Waals surface area contributed by atoms with Crippen molar-refractivity contribution in [3.8, 4) is 0 Å². The molecule has 0 amide bonds. The number of thioether (sulfide) groups is 1. The molecule has 0 atom stereocenters. The summed E-state index contributed by atoms with van der Waals surface area (Å²) in [6.45, 7) is 0. The van der Waals surface area contributed by atoms with Gasteiger partial charge in [-0.3, -0.25) is 0 Å². The number of pyridine rings is 1. The fraction of sp³-hybridized carbons (Fsp3) is 0.545. The van der Waals surface area contributed by atoms with E-state index in [-0.39, 0.29) is 0 Å². The quantitative estimate of drug-likeness (QED) is 0.604. The molecule has 1 aromatic rings. The summed E-state index contributed by atoms with van der Waals surface area (Å²) in [6.07, 6.45) is 5.78. The Hall–Kier alpha value is 0.270. The summed E-state index contributed by atoms with van der Waals surface area (Å²) >= 11 is 11.2. The van der Waals surface area contributed by atoms with Crippen molar-refractivity contribution in [2.75, 3.05) is 11.1 Å². The molecule has 0 N–H and O–H groups in total. The van der Waals surface area contributed by atoms with Crippen molar-refractivity contribution in [1.29, 1.82) is 0 Å². The first kappa shape index (κ1) is 11.7. The van der Waals surface area contributed by atoms with Crippen molar-refractivity contribution in [2.24, 2.45) is 5.41 Å². The maximum absolute atomic E-state index is 5.79. The zero-order chi connectivity index (χ0) is 10.7. The van der Waals surface area contributed by atoms with Gasteiger partial charge in [-0.1, -0.05) is 34.0 Å². The molecule has 82 valence electrons. The molecule has 4 heteroatoms. The molecular formula is C11H13BrClNS. The van der Waals surface area contributed by atoms with E-state index in [0.29, 0.717) is 10.4 Å². The molecule has 1 nitrogen and oxygen atoms in total. The lowest BCUT2D eigenvalue weighted by Crippen LogP contribution is -2.33. The Labute approximate surface area is 108 Å². The Kier molecular flexibility index (Phi) is 3.97. The van der Waals surface area contributed by atoms with Crippen molar-refractivity contribution >= 4 is 39.3 Å². The van der Waals surface area contributed by atoms with Gasteiger partial charge in [0.15, 0.2) is 0 Å². The monoisotopic (exact) mass is 305 g/mol. The fourth-order valence-corrected chi connectivity index (χ4v) is 3.94. The molecule has 1 aliphatic rings. The van der Waals surface area contributed by atoms with Gasteiger partial charge in [0, 0.05) is 17.3 Å². The third-order valence-electron chi connectivity index (χ3n) is 2.92. The molecule has 2 rings (SSSR count). The Morgan fingerprint density at radius 3 is 2.73 bits per heavy atom. The van der Waals surface area contributed by atoms with E-state index < -0.39 is 0 Å². The molecular weight excluding hydrogens is 294 g/mol. The molecule has 0 saturated heterocycles. The molecule has 1 aliphatic carbocycles. The van der Waals surface area contributed by atoms with Crippen LogP contribution in [-0.4, -0.2) is 16.1 Å². The van der Waals surface area contributed by atoms with Crippen LogP contribution in [0, 0.1) is 5.41 Å². The SMILES string of the molecule is Clc1ccc(SCC2(CBr)CCC2)nc1. The van der Waals surface area contributed by atoms with E-state index in [0.717, 1.165) is 16.1 Å². The standard InChI is InChI=1S/C11H13BrClNS/c12-7-11(4-1-5-11)8-15-10-3-2-9(13)6-14-10/h2-3,6H,1,4-5,7-8H2. The average Bonchev–Trinajstić information content (AvgIpc) is 2.20. The van der Waals surface area contributed by atoms with E-state index in [9.17, 15) is 0 Å². The molecule has 0 radical (unpaired) electrons. The van der Waals surface area contributed by atoms with Crippen LogP contribution in [-0.2, 0) is 0 Å². The molecule has 1 saturated carbocycles. The lowest BCUT2D eigenvalue weighted by atomic mass is 9.72. The molecule has 15 heavy (non-hydrogen) atoms. The highest BCUT2D eigenvalue weighted by Gasteiger charge is 2.35. The van der Waals surface area contributed by atoms with Crippen LogP contribution in [0.25, 0.3) is 0 Å². The first-order chi connectivity index (χ1) is 7.24. The minimum atomic E-state index is 0.520. The number of halogens is 2. The maximum Gasteiger partial charge on any atom is 0.0961 e. The topological polar surface area (TPSA) is 12.9 Å². The van der Waals surface area contributed by atoms with Gasteiger partial charge in [-0.05, 0) is 30.4 Å².